The minimum atomic E-state index is -4.37. The molecule has 0 saturated heterocycles. The molecule has 6 heteroatoms. The molecule has 0 aliphatic heterocycles. The minimum absolute atomic E-state index is 0.0766. The molecule has 0 saturated carbocycles. The largest absolute Gasteiger partial charge is 0.295 e. The third kappa shape index (κ3) is 3.22. The van der Waals surface area contributed by atoms with E-state index in [9.17, 15) is 13.0 Å². The molecule has 0 aliphatic rings. The van der Waals surface area contributed by atoms with E-state index in [-0.39, 0.29) is 15.0 Å². The molecule has 0 heterocycles. The van der Waals surface area contributed by atoms with Crippen molar-refractivity contribution in [3.8, 4) is 0 Å². The van der Waals surface area contributed by atoms with Gasteiger partial charge in [0.1, 0.15) is 9.39 Å². The zero-order valence-electron chi connectivity index (χ0n) is 10.1. The molecule has 2 aromatic rings. The Labute approximate surface area is 127 Å². The molecule has 0 spiro atoms. The van der Waals surface area contributed by atoms with E-state index >= 15 is 0 Å². The fraction of sp³-hybridized carbons (Fsp3) is 0. The van der Waals surface area contributed by atoms with Crippen molar-refractivity contribution >= 4 is 38.9 Å². The molecule has 20 heavy (non-hydrogen) atoms. The topological polar surface area (TPSA) is 54.4 Å². The van der Waals surface area contributed by atoms with E-state index in [1.54, 1.807) is 30.3 Å². The maximum atomic E-state index is 11.5. The Bertz CT molecular complexity index is 749. The van der Waals surface area contributed by atoms with Gasteiger partial charge in [0, 0.05) is 11.1 Å². The lowest BCUT2D eigenvalue weighted by atomic mass is 9.99. The van der Waals surface area contributed by atoms with Crippen LogP contribution >= 0.6 is 23.2 Å². The molecule has 0 aliphatic carbocycles. The molecular weight excluding hydrogens is 319 g/mol. The lowest BCUT2D eigenvalue weighted by Gasteiger charge is -2.12. The van der Waals surface area contributed by atoms with E-state index in [0.29, 0.717) is 11.1 Å². The fourth-order valence-corrected chi connectivity index (χ4v) is 2.99. The zero-order valence-corrected chi connectivity index (χ0v) is 12.5. The molecule has 0 fully saturated rings. The molecule has 104 valence electrons. The van der Waals surface area contributed by atoms with Crippen LogP contribution in [0, 0.1) is 0 Å². The molecule has 0 unspecified atom stereocenters. The summed E-state index contributed by atoms with van der Waals surface area (Å²) in [4.78, 5) is -0.238. The van der Waals surface area contributed by atoms with Gasteiger partial charge in [0.15, 0.2) is 0 Å². The SMILES string of the molecule is O=S(=O)(O)c1ccccc1C(=C(Cl)Cl)c1ccccc1. The van der Waals surface area contributed by atoms with Crippen LogP contribution in [-0.2, 0) is 10.1 Å². The molecule has 2 aromatic carbocycles. The Kier molecular flexibility index (Phi) is 4.50. The van der Waals surface area contributed by atoms with Gasteiger partial charge in [-0.15, -0.1) is 0 Å². The van der Waals surface area contributed by atoms with E-state index in [4.69, 9.17) is 23.2 Å². The Morgan fingerprint density at radius 1 is 0.900 bits per heavy atom. The van der Waals surface area contributed by atoms with Crippen LogP contribution in [0.15, 0.2) is 64.0 Å². The molecule has 2 rings (SSSR count). The standard InChI is InChI=1S/C14H10Cl2O3S/c15-14(16)13(10-6-2-1-3-7-10)11-8-4-5-9-12(11)20(17,18)19/h1-9H,(H,17,18,19). The van der Waals surface area contributed by atoms with Gasteiger partial charge in [-0.25, -0.2) is 0 Å². The smallest absolute Gasteiger partial charge is 0.282 e. The molecular formula is C14H10Cl2O3S. The first-order chi connectivity index (χ1) is 9.41. The fourth-order valence-electron chi connectivity index (χ4n) is 1.87. The molecule has 0 bridgehead atoms. The number of benzene rings is 2. The summed E-state index contributed by atoms with van der Waals surface area (Å²) in [6.45, 7) is 0. The highest BCUT2D eigenvalue weighted by atomic mass is 35.5. The van der Waals surface area contributed by atoms with Crippen molar-refractivity contribution in [1.29, 1.82) is 0 Å². The Morgan fingerprint density at radius 2 is 1.45 bits per heavy atom. The Balaban J connectivity index is 2.75. The van der Waals surface area contributed by atoms with Crippen LogP contribution in [0.2, 0.25) is 0 Å². The van der Waals surface area contributed by atoms with Crippen molar-refractivity contribution in [2.45, 2.75) is 4.90 Å². The van der Waals surface area contributed by atoms with Gasteiger partial charge in [0.05, 0.1) is 0 Å². The monoisotopic (exact) mass is 328 g/mol. The zero-order chi connectivity index (χ0) is 14.8. The predicted octanol–water partition coefficient (Wildman–Crippen LogP) is 4.13. The van der Waals surface area contributed by atoms with E-state index in [0.717, 1.165) is 0 Å². The average molecular weight is 329 g/mol. The van der Waals surface area contributed by atoms with Crippen molar-refractivity contribution in [2.75, 3.05) is 0 Å². The Morgan fingerprint density at radius 3 is 2.00 bits per heavy atom. The summed E-state index contributed by atoms with van der Waals surface area (Å²) in [7, 11) is -4.37. The van der Waals surface area contributed by atoms with Crippen LogP contribution in [0.1, 0.15) is 11.1 Å². The second-order valence-electron chi connectivity index (χ2n) is 3.97. The quantitative estimate of drug-likeness (QED) is 0.862. The Hall–Kier alpha value is -1.33. The van der Waals surface area contributed by atoms with Crippen molar-refractivity contribution in [2.24, 2.45) is 0 Å². The van der Waals surface area contributed by atoms with Crippen molar-refractivity contribution < 1.29 is 13.0 Å². The molecule has 1 N–H and O–H groups in total. The lowest BCUT2D eigenvalue weighted by Crippen LogP contribution is -2.03. The van der Waals surface area contributed by atoms with Crippen LogP contribution in [0.4, 0.5) is 0 Å². The normalized spacial score (nSPS) is 11.2. The van der Waals surface area contributed by atoms with Crippen LogP contribution in [0.5, 0.6) is 0 Å². The second-order valence-corrected chi connectivity index (χ2v) is 6.31. The maximum absolute atomic E-state index is 11.5. The maximum Gasteiger partial charge on any atom is 0.295 e. The molecule has 0 atom stereocenters. The predicted molar refractivity (Wildman–Crippen MR) is 80.4 cm³/mol. The van der Waals surface area contributed by atoms with E-state index < -0.39 is 10.1 Å². The summed E-state index contributed by atoms with van der Waals surface area (Å²) in [6, 6.07) is 14.9. The second kappa shape index (κ2) is 5.97. The summed E-state index contributed by atoms with van der Waals surface area (Å²) < 4.78 is 32.2. The summed E-state index contributed by atoms with van der Waals surface area (Å²) >= 11 is 11.8. The highest BCUT2D eigenvalue weighted by molar-refractivity contribution is 7.86. The minimum Gasteiger partial charge on any atom is -0.282 e. The highest BCUT2D eigenvalue weighted by Crippen LogP contribution is 2.34. The van der Waals surface area contributed by atoms with Gasteiger partial charge in [-0.1, -0.05) is 71.7 Å². The van der Waals surface area contributed by atoms with Gasteiger partial charge < -0.3 is 0 Å². The van der Waals surface area contributed by atoms with Crippen LogP contribution in [-0.4, -0.2) is 13.0 Å². The van der Waals surface area contributed by atoms with Gasteiger partial charge in [-0.2, -0.15) is 8.42 Å². The van der Waals surface area contributed by atoms with Crippen LogP contribution in [0.3, 0.4) is 0 Å². The third-order valence-corrected chi connectivity index (χ3v) is 3.98. The van der Waals surface area contributed by atoms with Gasteiger partial charge in [0.25, 0.3) is 10.1 Å². The number of rotatable bonds is 3. The number of hydrogen-bond donors (Lipinski definition) is 1. The van der Waals surface area contributed by atoms with Crippen LogP contribution < -0.4 is 0 Å². The summed E-state index contributed by atoms with van der Waals surface area (Å²) in [6.07, 6.45) is 0. The average Bonchev–Trinajstić information content (AvgIpc) is 2.39. The van der Waals surface area contributed by atoms with Crippen molar-refractivity contribution in [1.82, 2.24) is 0 Å². The highest BCUT2D eigenvalue weighted by Gasteiger charge is 2.20. The molecule has 0 radical (unpaired) electrons. The van der Waals surface area contributed by atoms with E-state index in [2.05, 4.69) is 0 Å². The molecule has 0 aromatic heterocycles. The number of hydrogen-bond acceptors (Lipinski definition) is 2. The van der Waals surface area contributed by atoms with E-state index in [1.807, 2.05) is 6.07 Å². The lowest BCUT2D eigenvalue weighted by molar-refractivity contribution is 0.483. The van der Waals surface area contributed by atoms with Crippen molar-refractivity contribution in [3.63, 3.8) is 0 Å². The van der Waals surface area contributed by atoms with Gasteiger partial charge >= 0.3 is 0 Å². The van der Waals surface area contributed by atoms with Crippen LogP contribution in [0.25, 0.3) is 5.57 Å². The summed E-state index contributed by atoms with van der Waals surface area (Å²) in [5, 5.41) is 0. The first-order valence-electron chi connectivity index (χ1n) is 5.59. The van der Waals surface area contributed by atoms with Gasteiger partial charge in [0.2, 0.25) is 0 Å². The van der Waals surface area contributed by atoms with E-state index in [1.165, 1.54) is 18.2 Å². The first-order valence-corrected chi connectivity index (χ1v) is 7.78. The van der Waals surface area contributed by atoms with Gasteiger partial charge in [-0.3, -0.25) is 4.55 Å². The molecule has 3 nitrogen and oxygen atoms in total. The van der Waals surface area contributed by atoms with Gasteiger partial charge in [-0.05, 0) is 11.6 Å². The summed E-state index contributed by atoms with van der Waals surface area (Å²) in [5.41, 5.74) is 1.26. The summed E-state index contributed by atoms with van der Waals surface area (Å²) in [5.74, 6) is 0. The van der Waals surface area contributed by atoms with Crippen molar-refractivity contribution in [3.05, 3.63) is 70.2 Å². The third-order valence-electron chi connectivity index (χ3n) is 2.69. The number of halogens is 2. The molecule has 0 amide bonds. The first kappa shape index (κ1) is 15.1.